The molecule has 0 aliphatic carbocycles. The number of ether oxygens (including phenoxy) is 1. The Morgan fingerprint density at radius 2 is 1.65 bits per heavy atom. The molecule has 1 atom stereocenters. The fourth-order valence-electron chi connectivity index (χ4n) is 4.52. The Bertz CT molecular complexity index is 1120. The lowest BCUT2D eigenvalue weighted by molar-refractivity contribution is 0.0730. The minimum Gasteiger partial charge on any atom is -0.491 e. The Morgan fingerprint density at radius 1 is 1.00 bits per heavy atom. The number of rotatable bonds is 4. The van der Waals surface area contributed by atoms with Crippen LogP contribution in [0.1, 0.15) is 78.3 Å². The zero-order chi connectivity index (χ0) is 24.2. The van der Waals surface area contributed by atoms with Gasteiger partial charge in [0, 0.05) is 48.7 Å². The molecule has 0 radical (unpaired) electrons. The second-order valence-electron chi connectivity index (χ2n) is 9.15. The van der Waals surface area contributed by atoms with Crippen LogP contribution < -0.4 is 10.2 Å². The van der Waals surface area contributed by atoms with Crippen LogP contribution in [0, 0.1) is 0 Å². The molecule has 0 N–H and O–H groups in total. The number of hydrogen-bond acceptors (Lipinski definition) is 4. The predicted octanol–water partition coefficient (Wildman–Crippen LogP) is 4.52. The zero-order valence-electron chi connectivity index (χ0n) is 19.9. The summed E-state index contributed by atoms with van der Waals surface area (Å²) in [5.41, 5.74) is 0.377. The van der Waals surface area contributed by atoms with E-state index in [4.69, 9.17) is 16.3 Å². The Morgan fingerprint density at radius 3 is 2.29 bits per heavy atom. The Hall–Kier alpha value is -2.80. The molecule has 1 aromatic heterocycles. The van der Waals surface area contributed by atoms with Gasteiger partial charge in [0.25, 0.3) is 11.8 Å². The Labute approximate surface area is 205 Å². The van der Waals surface area contributed by atoms with Gasteiger partial charge >= 0.3 is 0 Å². The summed E-state index contributed by atoms with van der Waals surface area (Å²) in [6.07, 6.45) is 8.06. The first-order valence-corrected chi connectivity index (χ1v) is 12.5. The molecule has 1 saturated heterocycles. The first kappa shape index (κ1) is 24.3. The van der Waals surface area contributed by atoms with E-state index in [1.165, 1.54) is 0 Å². The van der Waals surface area contributed by atoms with Crippen LogP contribution in [0.25, 0.3) is 0 Å². The van der Waals surface area contributed by atoms with Gasteiger partial charge in [-0.3, -0.25) is 14.4 Å². The standard InChI is InChI=1S/C26H32ClN3O4/c1-3-18(2)30-16-21(25(32)28-10-6-4-5-7-11-28)24(31)22(17-30)26(33)29-12-13-34-23-9-8-20(27)14-19(23)15-29/h8-9,14,16-18H,3-7,10-13,15H2,1-2H3/t18-/m0/s1. The number of fused-ring (bicyclic) bond motifs is 1. The molecule has 1 aromatic carbocycles. The van der Waals surface area contributed by atoms with Gasteiger partial charge in [-0.2, -0.15) is 0 Å². The normalized spacial score (nSPS) is 17.3. The average Bonchev–Trinajstić information content (AvgIpc) is 3.24. The van der Waals surface area contributed by atoms with Gasteiger partial charge in [0.05, 0.1) is 6.54 Å². The molecule has 0 saturated carbocycles. The molecule has 34 heavy (non-hydrogen) atoms. The number of pyridine rings is 1. The number of carbonyl (C=O) groups is 2. The van der Waals surface area contributed by atoms with Crippen molar-refractivity contribution in [1.29, 1.82) is 0 Å². The van der Waals surface area contributed by atoms with E-state index in [1.54, 1.807) is 40.4 Å². The van der Waals surface area contributed by atoms with Crippen LogP contribution in [0.15, 0.2) is 35.4 Å². The minimum absolute atomic E-state index is 0.0199. The Balaban J connectivity index is 1.71. The predicted molar refractivity (Wildman–Crippen MR) is 132 cm³/mol. The summed E-state index contributed by atoms with van der Waals surface area (Å²) in [6, 6.07) is 5.36. The van der Waals surface area contributed by atoms with Crippen molar-refractivity contribution in [3.63, 3.8) is 0 Å². The number of nitrogens with zero attached hydrogens (tertiary/aromatic N) is 3. The maximum absolute atomic E-state index is 13.6. The molecule has 0 spiro atoms. The van der Waals surface area contributed by atoms with Crippen molar-refractivity contribution in [2.45, 2.75) is 58.5 Å². The first-order chi connectivity index (χ1) is 16.4. The van der Waals surface area contributed by atoms with Gasteiger partial charge in [-0.15, -0.1) is 0 Å². The van der Waals surface area contributed by atoms with Crippen molar-refractivity contribution < 1.29 is 14.3 Å². The zero-order valence-corrected chi connectivity index (χ0v) is 20.6. The maximum Gasteiger partial charge on any atom is 0.259 e. The summed E-state index contributed by atoms with van der Waals surface area (Å²) in [5.74, 6) is 0.000679. The second kappa shape index (κ2) is 10.6. The molecule has 7 nitrogen and oxygen atoms in total. The maximum atomic E-state index is 13.6. The van der Waals surface area contributed by atoms with Gasteiger partial charge in [0.2, 0.25) is 5.43 Å². The number of amides is 2. The molecule has 0 unspecified atom stereocenters. The summed E-state index contributed by atoms with van der Waals surface area (Å²) in [7, 11) is 0. The highest BCUT2D eigenvalue weighted by Gasteiger charge is 2.28. The van der Waals surface area contributed by atoms with Crippen molar-refractivity contribution in [3.05, 3.63) is 62.5 Å². The smallest absolute Gasteiger partial charge is 0.259 e. The number of benzene rings is 1. The molecule has 2 aliphatic rings. The van der Waals surface area contributed by atoms with Gasteiger partial charge in [-0.05, 0) is 44.4 Å². The van der Waals surface area contributed by atoms with Gasteiger partial charge in [0.1, 0.15) is 23.5 Å². The largest absolute Gasteiger partial charge is 0.491 e. The second-order valence-corrected chi connectivity index (χ2v) is 9.59. The van der Waals surface area contributed by atoms with Crippen LogP contribution in [0.2, 0.25) is 5.02 Å². The number of aromatic nitrogens is 1. The molecule has 3 heterocycles. The molecule has 1 fully saturated rings. The molecule has 0 bridgehead atoms. The van der Waals surface area contributed by atoms with E-state index in [2.05, 4.69) is 0 Å². The van der Waals surface area contributed by atoms with Gasteiger partial charge in [0.15, 0.2) is 0 Å². The van der Waals surface area contributed by atoms with E-state index in [-0.39, 0.29) is 29.6 Å². The van der Waals surface area contributed by atoms with Crippen molar-refractivity contribution in [1.82, 2.24) is 14.4 Å². The third-order valence-corrected chi connectivity index (χ3v) is 7.02. The van der Waals surface area contributed by atoms with Crippen molar-refractivity contribution in [3.8, 4) is 5.75 Å². The average molecular weight is 486 g/mol. The summed E-state index contributed by atoms with van der Waals surface area (Å²) in [6.45, 7) is 6.25. The van der Waals surface area contributed by atoms with Gasteiger partial charge < -0.3 is 19.1 Å². The molecule has 4 rings (SSSR count). The number of hydrogen-bond donors (Lipinski definition) is 0. The van der Waals surface area contributed by atoms with Crippen LogP contribution in [-0.2, 0) is 6.54 Å². The quantitative estimate of drug-likeness (QED) is 0.638. The van der Waals surface area contributed by atoms with E-state index < -0.39 is 11.3 Å². The fourth-order valence-corrected chi connectivity index (χ4v) is 4.71. The van der Waals surface area contributed by atoms with E-state index >= 15 is 0 Å². The summed E-state index contributed by atoms with van der Waals surface area (Å²) in [5, 5.41) is 0.556. The van der Waals surface area contributed by atoms with Crippen LogP contribution in [0.4, 0.5) is 0 Å². The van der Waals surface area contributed by atoms with Crippen molar-refractivity contribution in [2.75, 3.05) is 26.2 Å². The molecule has 2 amide bonds. The first-order valence-electron chi connectivity index (χ1n) is 12.1. The van der Waals surface area contributed by atoms with Gasteiger partial charge in [-0.25, -0.2) is 0 Å². The monoisotopic (exact) mass is 485 g/mol. The van der Waals surface area contributed by atoms with Crippen molar-refractivity contribution >= 4 is 23.4 Å². The third-order valence-electron chi connectivity index (χ3n) is 6.79. The van der Waals surface area contributed by atoms with E-state index in [0.717, 1.165) is 37.7 Å². The Kier molecular flexibility index (Phi) is 7.61. The molecular formula is C26H32ClN3O4. The minimum atomic E-state index is -0.504. The van der Waals surface area contributed by atoms with Crippen LogP contribution in [-0.4, -0.2) is 52.4 Å². The summed E-state index contributed by atoms with van der Waals surface area (Å²) in [4.78, 5) is 43.9. The lowest BCUT2D eigenvalue weighted by Crippen LogP contribution is -2.40. The van der Waals surface area contributed by atoms with Crippen LogP contribution >= 0.6 is 11.6 Å². The number of carbonyl (C=O) groups excluding carboxylic acids is 2. The number of halogens is 1. The fraction of sp³-hybridized carbons (Fsp3) is 0.500. The highest BCUT2D eigenvalue weighted by Crippen LogP contribution is 2.27. The topological polar surface area (TPSA) is 71.9 Å². The lowest BCUT2D eigenvalue weighted by Gasteiger charge is -2.24. The van der Waals surface area contributed by atoms with Crippen molar-refractivity contribution in [2.24, 2.45) is 0 Å². The number of likely N-dealkylation sites (tertiary alicyclic amines) is 1. The lowest BCUT2D eigenvalue weighted by atomic mass is 10.1. The molecular weight excluding hydrogens is 454 g/mol. The third kappa shape index (κ3) is 5.14. The van der Waals surface area contributed by atoms with E-state index in [0.29, 0.717) is 37.0 Å². The van der Waals surface area contributed by atoms with E-state index in [9.17, 15) is 14.4 Å². The van der Waals surface area contributed by atoms with Gasteiger partial charge in [-0.1, -0.05) is 31.4 Å². The summed E-state index contributed by atoms with van der Waals surface area (Å²) < 4.78 is 7.62. The highest BCUT2D eigenvalue weighted by molar-refractivity contribution is 6.30. The SMILES string of the molecule is CC[C@H](C)n1cc(C(=O)N2CCCCCC2)c(=O)c(C(=O)N2CCOc3ccc(Cl)cc3C2)c1. The van der Waals surface area contributed by atoms with Crippen LogP contribution in [0.5, 0.6) is 5.75 Å². The molecule has 2 aromatic rings. The molecule has 2 aliphatic heterocycles. The molecule has 8 heteroatoms. The summed E-state index contributed by atoms with van der Waals surface area (Å²) >= 11 is 6.16. The van der Waals surface area contributed by atoms with E-state index in [1.807, 2.05) is 18.4 Å². The van der Waals surface area contributed by atoms with Crippen LogP contribution in [0.3, 0.4) is 0 Å². The molecule has 182 valence electrons. The highest BCUT2D eigenvalue weighted by atomic mass is 35.5.